The van der Waals surface area contributed by atoms with E-state index in [-0.39, 0.29) is 17.6 Å². The SMILES string of the molecule is O=C(O)c1cccc2c1ncn2CCC(F)(F)F. The highest BCUT2D eigenvalue weighted by Crippen LogP contribution is 2.23. The Bertz CT molecular complexity index is 589. The Balaban J connectivity index is 2.37. The van der Waals surface area contributed by atoms with E-state index in [1.165, 1.54) is 23.0 Å². The Labute approximate surface area is 99.7 Å². The van der Waals surface area contributed by atoms with Crippen LogP contribution in [0.15, 0.2) is 24.5 Å². The van der Waals surface area contributed by atoms with Crippen LogP contribution in [0.1, 0.15) is 16.8 Å². The number of carboxylic acid groups (broad SMARTS) is 1. The van der Waals surface area contributed by atoms with Crippen LogP contribution in [-0.4, -0.2) is 26.8 Å². The maximum atomic E-state index is 12.1. The van der Waals surface area contributed by atoms with E-state index < -0.39 is 18.6 Å². The average Bonchev–Trinajstić information content (AvgIpc) is 2.68. The van der Waals surface area contributed by atoms with Gasteiger partial charge in [0.05, 0.1) is 23.8 Å². The summed E-state index contributed by atoms with van der Waals surface area (Å²) in [5, 5.41) is 8.92. The third-order valence-corrected chi connectivity index (χ3v) is 2.52. The van der Waals surface area contributed by atoms with Crippen molar-refractivity contribution in [3.05, 3.63) is 30.1 Å². The van der Waals surface area contributed by atoms with E-state index in [1.807, 2.05) is 0 Å². The summed E-state index contributed by atoms with van der Waals surface area (Å²) >= 11 is 0. The van der Waals surface area contributed by atoms with Crippen LogP contribution in [0, 0.1) is 0 Å². The van der Waals surface area contributed by atoms with E-state index in [2.05, 4.69) is 4.98 Å². The third kappa shape index (κ3) is 2.44. The number of aromatic carboxylic acids is 1. The Kier molecular flexibility index (Phi) is 2.98. The van der Waals surface area contributed by atoms with Crippen LogP contribution < -0.4 is 0 Å². The highest BCUT2D eigenvalue weighted by Gasteiger charge is 2.27. The number of halogens is 3. The standard InChI is InChI=1S/C11H9F3N2O2/c12-11(13,14)4-5-16-6-15-9-7(10(17)18)2-1-3-8(9)16/h1-3,6H,4-5H2,(H,17,18). The van der Waals surface area contributed by atoms with Gasteiger partial charge in [-0.3, -0.25) is 0 Å². The van der Waals surface area contributed by atoms with Gasteiger partial charge in [0.1, 0.15) is 5.52 Å². The van der Waals surface area contributed by atoms with Gasteiger partial charge in [-0.25, -0.2) is 9.78 Å². The van der Waals surface area contributed by atoms with Crippen LogP contribution in [0.3, 0.4) is 0 Å². The van der Waals surface area contributed by atoms with Crippen molar-refractivity contribution in [2.45, 2.75) is 19.1 Å². The predicted octanol–water partition coefficient (Wildman–Crippen LogP) is 2.69. The summed E-state index contributed by atoms with van der Waals surface area (Å²) < 4.78 is 37.7. The third-order valence-electron chi connectivity index (χ3n) is 2.52. The van der Waals surface area contributed by atoms with Crippen LogP contribution >= 0.6 is 0 Å². The molecule has 96 valence electrons. The van der Waals surface area contributed by atoms with E-state index in [9.17, 15) is 18.0 Å². The highest BCUT2D eigenvalue weighted by molar-refractivity contribution is 6.00. The molecule has 1 N–H and O–H groups in total. The maximum absolute atomic E-state index is 12.1. The minimum Gasteiger partial charge on any atom is -0.478 e. The highest BCUT2D eigenvalue weighted by atomic mass is 19.4. The second-order valence-corrected chi connectivity index (χ2v) is 3.78. The average molecular weight is 258 g/mol. The first-order valence-electron chi connectivity index (χ1n) is 5.12. The van der Waals surface area contributed by atoms with E-state index in [0.717, 1.165) is 0 Å². The second-order valence-electron chi connectivity index (χ2n) is 3.78. The summed E-state index contributed by atoms with van der Waals surface area (Å²) in [7, 11) is 0. The topological polar surface area (TPSA) is 55.1 Å². The molecule has 4 nitrogen and oxygen atoms in total. The summed E-state index contributed by atoms with van der Waals surface area (Å²) in [6, 6.07) is 4.40. The lowest BCUT2D eigenvalue weighted by atomic mass is 10.2. The van der Waals surface area contributed by atoms with Crippen LogP contribution in [0.25, 0.3) is 11.0 Å². The molecule has 0 aliphatic rings. The summed E-state index contributed by atoms with van der Waals surface area (Å²) in [4.78, 5) is 14.8. The van der Waals surface area contributed by atoms with Crippen LogP contribution in [0.4, 0.5) is 13.2 Å². The van der Waals surface area contributed by atoms with Gasteiger partial charge in [0.2, 0.25) is 0 Å². The number of carbonyl (C=O) groups is 1. The summed E-state index contributed by atoms with van der Waals surface area (Å²) in [6.45, 7) is -0.275. The van der Waals surface area contributed by atoms with Gasteiger partial charge in [-0.15, -0.1) is 0 Å². The van der Waals surface area contributed by atoms with Gasteiger partial charge in [0, 0.05) is 6.54 Å². The number of rotatable bonds is 3. The fourth-order valence-corrected chi connectivity index (χ4v) is 1.69. The predicted molar refractivity (Wildman–Crippen MR) is 57.4 cm³/mol. The van der Waals surface area contributed by atoms with Gasteiger partial charge in [-0.2, -0.15) is 13.2 Å². The smallest absolute Gasteiger partial charge is 0.390 e. The summed E-state index contributed by atoms with van der Waals surface area (Å²) in [5.41, 5.74) is 0.574. The van der Waals surface area contributed by atoms with Crippen molar-refractivity contribution in [2.24, 2.45) is 0 Å². The van der Waals surface area contributed by atoms with Crippen molar-refractivity contribution in [1.82, 2.24) is 9.55 Å². The number of hydrogen-bond acceptors (Lipinski definition) is 2. The van der Waals surface area contributed by atoms with Crippen LogP contribution in [-0.2, 0) is 6.54 Å². The second kappa shape index (κ2) is 4.32. The molecule has 0 atom stereocenters. The zero-order chi connectivity index (χ0) is 13.3. The molecule has 0 unspecified atom stereocenters. The molecule has 0 bridgehead atoms. The minimum absolute atomic E-state index is 0.0155. The van der Waals surface area contributed by atoms with Crippen molar-refractivity contribution in [3.63, 3.8) is 0 Å². The molecule has 0 spiro atoms. The Morgan fingerprint density at radius 1 is 1.39 bits per heavy atom. The number of fused-ring (bicyclic) bond motifs is 1. The first-order chi connectivity index (χ1) is 8.38. The number of carboxylic acids is 1. The molecule has 0 amide bonds. The number of nitrogens with zero attached hydrogens (tertiary/aromatic N) is 2. The molecule has 1 aromatic carbocycles. The summed E-state index contributed by atoms with van der Waals surface area (Å²) in [5.74, 6) is -1.15. The van der Waals surface area contributed by atoms with E-state index in [0.29, 0.717) is 5.52 Å². The van der Waals surface area contributed by atoms with Crippen LogP contribution in [0.2, 0.25) is 0 Å². The summed E-state index contributed by atoms with van der Waals surface area (Å²) in [6.07, 6.45) is -4.00. The van der Waals surface area contributed by atoms with Crippen molar-refractivity contribution in [3.8, 4) is 0 Å². The van der Waals surface area contributed by atoms with Crippen molar-refractivity contribution in [1.29, 1.82) is 0 Å². The zero-order valence-corrected chi connectivity index (χ0v) is 9.11. The molecule has 1 aromatic heterocycles. The Morgan fingerprint density at radius 3 is 2.72 bits per heavy atom. The molecule has 0 fully saturated rings. The van der Waals surface area contributed by atoms with Crippen molar-refractivity contribution >= 4 is 17.0 Å². The number of aromatic nitrogens is 2. The zero-order valence-electron chi connectivity index (χ0n) is 9.11. The largest absolute Gasteiger partial charge is 0.478 e. The molecule has 1 heterocycles. The Hall–Kier alpha value is -2.05. The van der Waals surface area contributed by atoms with Crippen molar-refractivity contribution < 1.29 is 23.1 Å². The lowest BCUT2D eigenvalue weighted by molar-refractivity contribution is -0.136. The Morgan fingerprint density at radius 2 is 2.11 bits per heavy atom. The minimum atomic E-state index is -4.25. The molecular formula is C11H9F3N2O2. The lowest BCUT2D eigenvalue weighted by Gasteiger charge is -2.07. The van der Waals surface area contributed by atoms with E-state index in [4.69, 9.17) is 5.11 Å². The van der Waals surface area contributed by atoms with E-state index in [1.54, 1.807) is 6.07 Å². The molecule has 2 rings (SSSR count). The molecule has 0 radical (unpaired) electrons. The molecule has 0 aliphatic carbocycles. The fourth-order valence-electron chi connectivity index (χ4n) is 1.69. The number of aryl methyl sites for hydroxylation is 1. The first-order valence-corrected chi connectivity index (χ1v) is 5.12. The lowest BCUT2D eigenvalue weighted by Crippen LogP contribution is -2.11. The number of benzene rings is 1. The normalized spacial score (nSPS) is 11.9. The number of para-hydroxylation sites is 1. The number of imidazole rings is 1. The maximum Gasteiger partial charge on any atom is 0.390 e. The van der Waals surface area contributed by atoms with Gasteiger partial charge in [-0.05, 0) is 12.1 Å². The molecule has 0 aliphatic heterocycles. The number of alkyl halides is 3. The molecule has 0 saturated heterocycles. The van der Waals surface area contributed by atoms with E-state index >= 15 is 0 Å². The quantitative estimate of drug-likeness (QED) is 0.920. The van der Waals surface area contributed by atoms with Gasteiger partial charge < -0.3 is 9.67 Å². The fraction of sp³-hybridized carbons (Fsp3) is 0.273. The van der Waals surface area contributed by atoms with Gasteiger partial charge in [0.15, 0.2) is 0 Å². The van der Waals surface area contributed by atoms with Gasteiger partial charge >= 0.3 is 12.1 Å². The van der Waals surface area contributed by atoms with Gasteiger partial charge in [-0.1, -0.05) is 6.07 Å². The first kappa shape index (κ1) is 12.4. The number of hydrogen-bond donors (Lipinski definition) is 1. The molecule has 7 heteroatoms. The van der Waals surface area contributed by atoms with Crippen molar-refractivity contribution in [2.75, 3.05) is 0 Å². The molecule has 2 aromatic rings. The monoisotopic (exact) mass is 258 g/mol. The van der Waals surface area contributed by atoms with Crippen LogP contribution in [0.5, 0.6) is 0 Å². The van der Waals surface area contributed by atoms with Gasteiger partial charge in [0.25, 0.3) is 0 Å². The molecule has 18 heavy (non-hydrogen) atoms. The molecule has 0 saturated carbocycles. The molecular weight excluding hydrogens is 249 g/mol.